The summed E-state index contributed by atoms with van der Waals surface area (Å²) in [6.07, 6.45) is 6.34. The molecule has 5 nitrogen and oxygen atoms in total. The van der Waals surface area contributed by atoms with Gasteiger partial charge in [0.05, 0.1) is 22.3 Å². The first-order valence-electron chi connectivity index (χ1n) is 5.62. The van der Waals surface area contributed by atoms with E-state index in [9.17, 15) is 0 Å². The summed E-state index contributed by atoms with van der Waals surface area (Å²) in [6, 6.07) is 0. The van der Waals surface area contributed by atoms with Gasteiger partial charge in [-0.25, -0.2) is 9.97 Å². The van der Waals surface area contributed by atoms with Crippen LogP contribution in [0, 0.1) is 0 Å². The van der Waals surface area contributed by atoms with Crippen molar-refractivity contribution in [2.75, 3.05) is 11.9 Å². The number of nitrogens with zero attached hydrogens (tertiary/aromatic N) is 4. The zero-order chi connectivity index (χ0) is 13.0. The van der Waals surface area contributed by atoms with Crippen LogP contribution in [0.4, 0.5) is 5.95 Å². The van der Waals surface area contributed by atoms with Crippen LogP contribution in [0.15, 0.2) is 28.5 Å². The molecule has 0 aliphatic carbocycles. The second-order valence-corrected chi connectivity index (χ2v) is 5.19. The zero-order valence-corrected chi connectivity index (χ0v) is 11.8. The molecule has 2 aromatic heterocycles. The van der Waals surface area contributed by atoms with Gasteiger partial charge in [0.2, 0.25) is 5.95 Å². The Bertz CT molecular complexity index is 528. The highest BCUT2D eigenvalue weighted by atomic mass is 35.5. The fraction of sp³-hybridized carbons (Fsp3) is 0.364. The van der Waals surface area contributed by atoms with Gasteiger partial charge < -0.3 is 5.32 Å². The van der Waals surface area contributed by atoms with Gasteiger partial charge in [-0.1, -0.05) is 30.3 Å². The van der Waals surface area contributed by atoms with E-state index in [0.717, 1.165) is 22.9 Å². The molecule has 0 fully saturated rings. The highest BCUT2D eigenvalue weighted by molar-refractivity contribution is 7.99. The topological polar surface area (TPSA) is 55.6 Å². The van der Waals surface area contributed by atoms with E-state index in [2.05, 4.69) is 27.3 Å². The largest absolute Gasteiger partial charge is 0.354 e. The van der Waals surface area contributed by atoms with E-state index in [0.29, 0.717) is 11.0 Å². The van der Waals surface area contributed by atoms with Crippen LogP contribution in [0.5, 0.6) is 0 Å². The minimum absolute atomic E-state index is 0.547. The summed E-state index contributed by atoms with van der Waals surface area (Å²) in [5, 5.41) is 8.53. The van der Waals surface area contributed by atoms with Crippen molar-refractivity contribution in [2.45, 2.75) is 23.3 Å². The third kappa shape index (κ3) is 3.36. The van der Waals surface area contributed by atoms with Gasteiger partial charge in [-0.2, -0.15) is 5.10 Å². The predicted octanol–water partition coefficient (Wildman–Crippen LogP) is 2.84. The SMILES string of the molecule is CCCNc1ncc(Cl)c(Sc2cnn(C)c2)n1. The number of hydrogen-bond acceptors (Lipinski definition) is 5. The van der Waals surface area contributed by atoms with Gasteiger partial charge in [0, 0.05) is 19.8 Å². The van der Waals surface area contributed by atoms with Crippen LogP contribution in [0.25, 0.3) is 0 Å². The van der Waals surface area contributed by atoms with Crippen molar-refractivity contribution >= 4 is 29.3 Å². The highest BCUT2D eigenvalue weighted by Gasteiger charge is 2.08. The minimum Gasteiger partial charge on any atom is -0.354 e. The quantitative estimate of drug-likeness (QED) is 0.855. The molecule has 2 aromatic rings. The molecule has 2 rings (SSSR count). The Hall–Kier alpha value is -1.27. The van der Waals surface area contributed by atoms with E-state index in [1.807, 2.05) is 13.2 Å². The predicted molar refractivity (Wildman–Crippen MR) is 73.2 cm³/mol. The molecule has 0 aliphatic heterocycles. The van der Waals surface area contributed by atoms with Gasteiger partial charge in [0.25, 0.3) is 0 Å². The summed E-state index contributed by atoms with van der Waals surface area (Å²) in [7, 11) is 1.87. The Balaban J connectivity index is 2.15. The third-order valence-corrected chi connectivity index (χ3v) is 3.48. The number of anilines is 1. The molecule has 0 aromatic carbocycles. The Morgan fingerprint density at radius 1 is 1.44 bits per heavy atom. The van der Waals surface area contributed by atoms with E-state index in [-0.39, 0.29) is 0 Å². The molecule has 0 saturated carbocycles. The van der Waals surface area contributed by atoms with Crippen molar-refractivity contribution in [2.24, 2.45) is 7.05 Å². The van der Waals surface area contributed by atoms with Crippen molar-refractivity contribution < 1.29 is 0 Å². The molecule has 0 radical (unpaired) electrons. The molecule has 0 aliphatic rings. The fourth-order valence-corrected chi connectivity index (χ4v) is 2.33. The average molecular weight is 284 g/mol. The van der Waals surface area contributed by atoms with E-state index in [1.54, 1.807) is 17.1 Å². The lowest BCUT2D eigenvalue weighted by Gasteiger charge is -2.05. The number of nitrogens with one attached hydrogen (secondary N) is 1. The van der Waals surface area contributed by atoms with Gasteiger partial charge in [0.15, 0.2) is 0 Å². The van der Waals surface area contributed by atoms with Crippen molar-refractivity contribution in [1.82, 2.24) is 19.7 Å². The Kier molecular flexibility index (Phi) is 4.43. The van der Waals surface area contributed by atoms with Gasteiger partial charge in [-0.15, -0.1) is 0 Å². The van der Waals surface area contributed by atoms with Crippen LogP contribution in [0.2, 0.25) is 5.02 Å². The molecule has 0 unspecified atom stereocenters. The maximum Gasteiger partial charge on any atom is 0.223 e. The minimum atomic E-state index is 0.547. The number of aromatic nitrogens is 4. The zero-order valence-electron chi connectivity index (χ0n) is 10.2. The molecule has 0 atom stereocenters. The second kappa shape index (κ2) is 6.06. The monoisotopic (exact) mass is 283 g/mol. The molecular weight excluding hydrogens is 270 g/mol. The van der Waals surface area contributed by atoms with Crippen LogP contribution in [-0.2, 0) is 7.05 Å². The van der Waals surface area contributed by atoms with Gasteiger partial charge in [0.1, 0.15) is 5.03 Å². The lowest BCUT2D eigenvalue weighted by Crippen LogP contribution is -2.04. The first kappa shape index (κ1) is 13.2. The Labute approximate surface area is 115 Å². The summed E-state index contributed by atoms with van der Waals surface area (Å²) in [6.45, 7) is 2.94. The summed E-state index contributed by atoms with van der Waals surface area (Å²) >= 11 is 7.56. The standard InChI is InChI=1S/C11H14ClN5S/c1-3-4-13-11-14-6-9(12)10(16-11)18-8-5-15-17(2)7-8/h5-7H,3-4H2,1-2H3,(H,13,14,16). The molecule has 96 valence electrons. The van der Waals surface area contributed by atoms with Crippen LogP contribution < -0.4 is 5.32 Å². The molecule has 1 N–H and O–H groups in total. The molecule has 7 heteroatoms. The molecule has 18 heavy (non-hydrogen) atoms. The number of aryl methyl sites for hydroxylation is 1. The van der Waals surface area contributed by atoms with Crippen molar-refractivity contribution in [3.8, 4) is 0 Å². The normalized spacial score (nSPS) is 10.6. The van der Waals surface area contributed by atoms with Crippen LogP contribution in [-0.4, -0.2) is 26.3 Å². The fourth-order valence-electron chi connectivity index (χ4n) is 1.31. The number of halogens is 1. The molecule has 0 saturated heterocycles. The van der Waals surface area contributed by atoms with E-state index in [1.165, 1.54) is 11.8 Å². The molecule has 0 spiro atoms. The summed E-state index contributed by atoms with van der Waals surface area (Å²) in [4.78, 5) is 9.52. The van der Waals surface area contributed by atoms with E-state index < -0.39 is 0 Å². The highest BCUT2D eigenvalue weighted by Crippen LogP contribution is 2.31. The van der Waals surface area contributed by atoms with Gasteiger partial charge >= 0.3 is 0 Å². The maximum absolute atomic E-state index is 6.09. The van der Waals surface area contributed by atoms with E-state index in [4.69, 9.17) is 11.6 Å². The van der Waals surface area contributed by atoms with Crippen LogP contribution >= 0.6 is 23.4 Å². The van der Waals surface area contributed by atoms with Crippen molar-refractivity contribution in [3.05, 3.63) is 23.6 Å². The summed E-state index contributed by atoms with van der Waals surface area (Å²) in [5.74, 6) is 0.604. The van der Waals surface area contributed by atoms with E-state index >= 15 is 0 Å². The van der Waals surface area contributed by atoms with Gasteiger partial charge in [-0.05, 0) is 6.42 Å². The lowest BCUT2D eigenvalue weighted by molar-refractivity contribution is 0.766. The Morgan fingerprint density at radius 2 is 2.28 bits per heavy atom. The average Bonchev–Trinajstić information content (AvgIpc) is 2.76. The van der Waals surface area contributed by atoms with Crippen LogP contribution in [0.1, 0.15) is 13.3 Å². The lowest BCUT2D eigenvalue weighted by atomic mass is 10.5. The number of rotatable bonds is 5. The van der Waals surface area contributed by atoms with Crippen molar-refractivity contribution in [1.29, 1.82) is 0 Å². The molecule has 0 amide bonds. The molecule has 0 bridgehead atoms. The summed E-state index contributed by atoms with van der Waals surface area (Å²) < 4.78 is 1.74. The van der Waals surface area contributed by atoms with Crippen molar-refractivity contribution in [3.63, 3.8) is 0 Å². The molecule has 2 heterocycles. The van der Waals surface area contributed by atoms with Crippen LogP contribution in [0.3, 0.4) is 0 Å². The first-order valence-corrected chi connectivity index (χ1v) is 6.81. The number of hydrogen-bond donors (Lipinski definition) is 1. The second-order valence-electron chi connectivity index (χ2n) is 3.73. The molecular formula is C11H14ClN5S. The third-order valence-electron chi connectivity index (χ3n) is 2.14. The van der Waals surface area contributed by atoms with Gasteiger partial charge in [-0.3, -0.25) is 4.68 Å². The Morgan fingerprint density at radius 3 is 2.94 bits per heavy atom. The maximum atomic E-state index is 6.09. The summed E-state index contributed by atoms with van der Waals surface area (Å²) in [5.41, 5.74) is 0. The smallest absolute Gasteiger partial charge is 0.223 e. The first-order chi connectivity index (χ1) is 8.69.